The fraction of sp³-hybridized carbons (Fsp3) is 0.231. The van der Waals surface area contributed by atoms with E-state index in [0.717, 1.165) is 25.1 Å². The van der Waals surface area contributed by atoms with E-state index >= 15 is 0 Å². The number of carbonyl (C=O) groups excluding carboxylic acids is 1. The van der Waals surface area contributed by atoms with Crippen molar-refractivity contribution in [1.82, 2.24) is 9.97 Å². The maximum atomic E-state index is 11.8. The monoisotopic (exact) mass is 242 g/mol. The van der Waals surface area contributed by atoms with E-state index in [1.54, 1.807) is 0 Å². The lowest BCUT2D eigenvalue weighted by atomic mass is 10.0. The molecule has 0 unspecified atom stereocenters. The fourth-order valence-electron chi connectivity index (χ4n) is 2.13. The number of hydrogen-bond acceptors (Lipinski definition) is 3. The number of nitrogens with zero attached hydrogens (tertiary/aromatic N) is 1. The zero-order valence-corrected chi connectivity index (χ0v) is 9.86. The fourth-order valence-corrected chi connectivity index (χ4v) is 2.13. The van der Waals surface area contributed by atoms with Crippen LogP contribution in [0.15, 0.2) is 30.7 Å². The highest BCUT2D eigenvalue weighted by Crippen LogP contribution is 2.25. The number of rotatable bonds is 2. The van der Waals surface area contributed by atoms with Gasteiger partial charge in [0.25, 0.3) is 5.91 Å². The molecule has 3 N–H and O–H groups in total. The van der Waals surface area contributed by atoms with Crippen molar-refractivity contribution >= 4 is 17.3 Å². The smallest absolute Gasteiger partial charge is 0.273 e. The molecule has 1 aliphatic rings. The minimum atomic E-state index is -0.170. The molecule has 0 fully saturated rings. The van der Waals surface area contributed by atoms with Gasteiger partial charge in [-0.25, -0.2) is 4.98 Å². The summed E-state index contributed by atoms with van der Waals surface area (Å²) in [6.45, 7) is 1.02. The summed E-state index contributed by atoms with van der Waals surface area (Å²) in [5, 5.41) is 6.20. The van der Waals surface area contributed by atoms with Crippen LogP contribution in [0.2, 0.25) is 0 Å². The number of H-pyrrole nitrogens is 1. The molecule has 3 rings (SSSR count). The number of imidazole rings is 1. The Morgan fingerprint density at radius 3 is 3.17 bits per heavy atom. The van der Waals surface area contributed by atoms with Crippen molar-refractivity contribution in [2.24, 2.45) is 0 Å². The Labute approximate surface area is 105 Å². The first-order valence-corrected chi connectivity index (χ1v) is 5.99. The lowest BCUT2D eigenvalue weighted by Gasteiger charge is -2.18. The van der Waals surface area contributed by atoms with Gasteiger partial charge in [-0.3, -0.25) is 4.79 Å². The predicted octanol–water partition coefficient (Wildman–Crippen LogP) is 2.02. The van der Waals surface area contributed by atoms with Gasteiger partial charge in [0.1, 0.15) is 5.69 Å². The number of benzene rings is 1. The minimum Gasteiger partial charge on any atom is -0.385 e. The lowest BCUT2D eigenvalue weighted by Crippen LogP contribution is -2.14. The Morgan fingerprint density at radius 2 is 2.33 bits per heavy atom. The molecule has 1 aromatic carbocycles. The molecule has 5 heteroatoms. The van der Waals surface area contributed by atoms with Gasteiger partial charge in [0, 0.05) is 17.9 Å². The Morgan fingerprint density at radius 1 is 1.39 bits per heavy atom. The van der Waals surface area contributed by atoms with Crippen LogP contribution in [0, 0.1) is 0 Å². The van der Waals surface area contributed by atoms with Crippen LogP contribution in [0.4, 0.5) is 11.4 Å². The van der Waals surface area contributed by atoms with Gasteiger partial charge in [-0.05, 0) is 36.6 Å². The maximum absolute atomic E-state index is 11.8. The van der Waals surface area contributed by atoms with E-state index in [0.29, 0.717) is 5.69 Å². The van der Waals surface area contributed by atoms with Gasteiger partial charge in [-0.15, -0.1) is 0 Å². The first-order chi connectivity index (χ1) is 8.83. The van der Waals surface area contributed by atoms with Gasteiger partial charge in [0.2, 0.25) is 0 Å². The van der Waals surface area contributed by atoms with Crippen LogP contribution in [0.1, 0.15) is 22.5 Å². The molecular formula is C13H14N4O. The third-order valence-electron chi connectivity index (χ3n) is 3.04. The number of amides is 1. The van der Waals surface area contributed by atoms with E-state index in [-0.39, 0.29) is 5.91 Å². The van der Waals surface area contributed by atoms with E-state index in [4.69, 9.17) is 0 Å². The van der Waals surface area contributed by atoms with E-state index in [1.165, 1.54) is 23.8 Å². The van der Waals surface area contributed by atoms with E-state index < -0.39 is 0 Å². The van der Waals surface area contributed by atoms with Crippen LogP contribution in [-0.4, -0.2) is 22.4 Å². The van der Waals surface area contributed by atoms with Crippen molar-refractivity contribution in [3.63, 3.8) is 0 Å². The lowest BCUT2D eigenvalue weighted by molar-refractivity contribution is 0.102. The molecule has 0 saturated carbocycles. The summed E-state index contributed by atoms with van der Waals surface area (Å²) in [5.41, 5.74) is 3.70. The summed E-state index contributed by atoms with van der Waals surface area (Å²) < 4.78 is 0. The summed E-state index contributed by atoms with van der Waals surface area (Å²) in [6.07, 6.45) is 5.18. The van der Waals surface area contributed by atoms with E-state index in [9.17, 15) is 4.79 Å². The highest BCUT2D eigenvalue weighted by molar-refractivity contribution is 6.02. The van der Waals surface area contributed by atoms with Gasteiger partial charge in [-0.2, -0.15) is 0 Å². The van der Waals surface area contributed by atoms with Crippen LogP contribution in [0.5, 0.6) is 0 Å². The van der Waals surface area contributed by atoms with Crippen molar-refractivity contribution in [1.29, 1.82) is 0 Å². The first-order valence-electron chi connectivity index (χ1n) is 5.99. The topological polar surface area (TPSA) is 69.8 Å². The molecule has 0 saturated heterocycles. The molecule has 0 spiro atoms. The third-order valence-corrected chi connectivity index (χ3v) is 3.04. The van der Waals surface area contributed by atoms with Crippen LogP contribution in [-0.2, 0) is 6.42 Å². The van der Waals surface area contributed by atoms with E-state index in [2.05, 4.69) is 20.6 Å². The molecule has 2 aromatic rings. The first kappa shape index (κ1) is 10.8. The number of carbonyl (C=O) groups is 1. The molecule has 0 aliphatic carbocycles. The van der Waals surface area contributed by atoms with Gasteiger partial charge in [0.15, 0.2) is 0 Å². The van der Waals surface area contributed by atoms with Crippen LogP contribution in [0.25, 0.3) is 0 Å². The van der Waals surface area contributed by atoms with Crippen molar-refractivity contribution < 1.29 is 4.79 Å². The number of anilines is 2. The normalized spacial score (nSPS) is 13.6. The standard InChI is InChI=1S/C13H14N4O/c18-13(12-7-14-8-16-12)17-10-3-4-11-9(6-10)2-1-5-15-11/h3-4,6-8,15H,1-2,5H2,(H,14,16)(H,17,18). The van der Waals surface area contributed by atoms with Crippen LogP contribution < -0.4 is 10.6 Å². The molecule has 1 aromatic heterocycles. The number of nitrogens with one attached hydrogen (secondary N) is 3. The molecule has 2 heterocycles. The summed E-state index contributed by atoms with van der Waals surface area (Å²) in [4.78, 5) is 18.5. The molecule has 1 amide bonds. The zero-order chi connectivity index (χ0) is 12.4. The summed E-state index contributed by atoms with van der Waals surface area (Å²) in [5.74, 6) is -0.170. The average Bonchev–Trinajstić information content (AvgIpc) is 2.92. The molecule has 0 atom stereocenters. The van der Waals surface area contributed by atoms with Crippen molar-refractivity contribution in [2.75, 3.05) is 17.2 Å². The highest BCUT2D eigenvalue weighted by atomic mass is 16.1. The Bertz CT molecular complexity index is 562. The Balaban J connectivity index is 1.79. The molecule has 0 radical (unpaired) electrons. The van der Waals surface area contributed by atoms with Crippen LogP contribution in [0.3, 0.4) is 0 Å². The number of hydrogen-bond donors (Lipinski definition) is 3. The molecule has 1 aliphatic heterocycles. The average molecular weight is 242 g/mol. The van der Waals surface area contributed by atoms with Crippen LogP contribution >= 0.6 is 0 Å². The summed E-state index contributed by atoms with van der Waals surface area (Å²) >= 11 is 0. The predicted molar refractivity (Wildman–Crippen MR) is 69.8 cm³/mol. The second kappa shape index (κ2) is 4.52. The summed E-state index contributed by atoms with van der Waals surface area (Å²) in [6, 6.07) is 5.94. The number of aromatic amines is 1. The zero-order valence-electron chi connectivity index (χ0n) is 9.86. The van der Waals surface area contributed by atoms with Crippen molar-refractivity contribution in [2.45, 2.75) is 12.8 Å². The molecule has 0 bridgehead atoms. The van der Waals surface area contributed by atoms with Gasteiger partial charge < -0.3 is 15.6 Å². The SMILES string of the molecule is O=C(Nc1ccc2c(c1)CCCN2)c1cnc[nH]1. The second-order valence-electron chi connectivity index (χ2n) is 4.32. The third kappa shape index (κ3) is 2.07. The number of fused-ring (bicyclic) bond motifs is 1. The Kier molecular flexibility index (Phi) is 2.72. The van der Waals surface area contributed by atoms with Gasteiger partial charge in [-0.1, -0.05) is 0 Å². The number of aromatic nitrogens is 2. The highest BCUT2D eigenvalue weighted by Gasteiger charge is 2.11. The molecular weight excluding hydrogens is 228 g/mol. The Hall–Kier alpha value is -2.30. The number of aryl methyl sites for hydroxylation is 1. The second-order valence-corrected chi connectivity index (χ2v) is 4.32. The van der Waals surface area contributed by atoms with E-state index in [1.807, 2.05) is 18.2 Å². The molecule has 18 heavy (non-hydrogen) atoms. The van der Waals surface area contributed by atoms with Gasteiger partial charge in [0.05, 0.1) is 12.5 Å². The largest absolute Gasteiger partial charge is 0.385 e. The van der Waals surface area contributed by atoms with Crippen molar-refractivity contribution in [3.8, 4) is 0 Å². The summed E-state index contributed by atoms with van der Waals surface area (Å²) in [7, 11) is 0. The van der Waals surface area contributed by atoms with Gasteiger partial charge >= 0.3 is 0 Å². The quantitative estimate of drug-likeness (QED) is 0.754. The van der Waals surface area contributed by atoms with Crippen molar-refractivity contribution in [3.05, 3.63) is 42.0 Å². The minimum absolute atomic E-state index is 0.170. The maximum Gasteiger partial charge on any atom is 0.273 e. The molecule has 92 valence electrons. The molecule has 5 nitrogen and oxygen atoms in total.